The summed E-state index contributed by atoms with van der Waals surface area (Å²) in [6.45, 7) is 71.2. The Balaban J connectivity index is 0.00000117. The van der Waals surface area contributed by atoms with Crippen LogP contribution in [0.5, 0.6) is 0 Å². The van der Waals surface area contributed by atoms with Gasteiger partial charge in [0.05, 0.1) is 18.8 Å². The summed E-state index contributed by atoms with van der Waals surface area (Å²) in [5.41, 5.74) is 2.52. The van der Waals surface area contributed by atoms with Crippen molar-refractivity contribution in [2.24, 2.45) is 72.9 Å². The summed E-state index contributed by atoms with van der Waals surface area (Å²) in [5, 5.41) is 0. The van der Waals surface area contributed by atoms with Crippen molar-refractivity contribution in [2.75, 3.05) is 118 Å². The van der Waals surface area contributed by atoms with E-state index in [1.807, 2.05) is 14.7 Å². The molecule has 6 unspecified atom stereocenters. The Morgan fingerprint density at radius 2 is 0.635 bits per heavy atom. The molecule has 0 N–H and O–H groups in total. The Morgan fingerprint density at radius 3 is 0.952 bits per heavy atom. The maximum Gasteiger partial charge on any atom is 0.219 e. The summed E-state index contributed by atoms with van der Waals surface area (Å²) in [4.78, 5) is 44.6. The second-order valence-electron chi connectivity index (χ2n) is 41.1. The van der Waals surface area contributed by atoms with Crippen LogP contribution in [0.1, 0.15) is 316 Å². The number of carbonyl (C=O) groups is 3. The van der Waals surface area contributed by atoms with Crippen LogP contribution < -0.4 is 0 Å². The highest BCUT2D eigenvalue weighted by Gasteiger charge is 2.39. The van der Waals surface area contributed by atoms with Gasteiger partial charge >= 0.3 is 0 Å². The first-order valence-electron chi connectivity index (χ1n) is 40.5. The molecule has 104 heavy (non-hydrogen) atoms. The van der Waals surface area contributed by atoms with Crippen LogP contribution in [0.4, 0.5) is 0 Å². The van der Waals surface area contributed by atoms with E-state index in [1.165, 1.54) is 115 Å². The smallest absolute Gasteiger partial charge is 0.219 e. The van der Waals surface area contributed by atoms with Gasteiger partial charge in [-0.25, -0.2) is 33.9 Å². The minimum absolute atomic E-state index is 0. The van der Waals surface area contributed by atoms with Gasteiger partial charge < -0.3 is 24.5 Å². The number of likely N-dealkylation sites (tertiary alicyclic amines) is 5. The molecule has 0 aliphatic carbocycles. The van der Waals surface area contributed by atoms with Crippen LogP contribution in [-0.2, 0) is 44.5 Å². The van der Waals surface area contributed by atoms with Gasteiger partial charge in [0.2, 0.25) is 47.8 Å². The molecule has 8 heterocycles. The molecule has 3 amide bonds. The number of hydrogen-bond acceptors (Lipinski definition) is 11. The van der Waals surface area contributed by atoms with Gasteiger partial charge in [-0.1, -0.05) is 186 Å². The summed E-state index contributed by atoms with van der Waals surface area (Å²) in [7, 11) is -4.48. The fraction of sp³-hybridized carbons (Fsp3) is 0.964. The predicted molar refractivity (Wildman–Crippen MR) is 445 cm³/mol. The van der Waals surface area contributed by atoms with E-state index in [-0.39, 0.29) is 47.4 Å². The monoisotopic (exact) mass is 1530 g/mol. The Hall–Kier alpha value is -1.94. The predicted octanol–water partition coefficient (Wildman–Crippen LogP) is 17.8. The average Bonchev–Trinajstić information content (AvgIpc) is 0.799. The molecule has 0 aromatic rings. The van der Waals surface area contributed by atoms with Gasteiger partial charge in [-0.05, 0) is 209 Å². The van der Waals surface area contributed by atoms with Crippen molar-refractivity contribution in [3.05, 3.63) is 0 Å². The number of amides is 3. The molecule has 0 bridgehead atoms. The molecule has 8 rings (SSSR count). The molecular weight excluding hydrogens is 1360 g/mol. The fourth-order valence-corrected chi connectivity index (χ4v) is 19.6. The number of carbonyl (C=O) groups excluding carboxylic acids is 3. The van der Waals surface area contributed by atoms with Gasteiger partial charge in [-0.2, -0.15) is 4.31 Å². The number of piperidine rings is 8. The van der Waals surface area contributed by atoms with Gasteiger partial charge in [0.25, 0.3) is 0 Å². The molecule has 8 aliphatic rings. The largest absolute Gasteiger partial charge is 0.343 e. The van der Waals surface area contributed by atoms with Crippen molar-refractivity contribution in [1.82, 2.24) is 37.4 Å². The molecule has 20 heteroatoms. The topological polar surface area (TPSA) is 180 Å². The molecule has 6 atom stereocenters. The number of nitrogens with zero attached hydrogens (tertiary/aromatic N) is 8. The molecule has 8 aliphatic heterocycles. The minimum atomic E-state index is -3.02. The molecule has 17 nitrogen and oxygen atoms in total. The first-order valence-corrected chi connectivity index (χ1v) is 46.0. The van der Waals surface area contributed by atoms with E-state index in [0.29, 0.717) is 83.6 Å². The van der Waals surface area contributed by atoms with Crippen molar-refractivity contribution in [1.29, 1.82) is 0 Å². The Bertz CT molecular complexity index is 2820. The maximum absolute atomic E-state index is 11.6. The van der Waals surface area contributed by atoms with Gasteiger partial charge in [0.1, 0.15) is 0 Å². The minimum Gasteiger partial charge on any atom is -0.343 e. The quantitative estimate of drug-likeness (QED) is 0.262. The molecule has 620 valence electrons. The molecule has 0 saturated carbocycles. The average molecular weight is 1530 g/mol. The Morgan fingerprint density at radius 1 is 0.288 bits per heavy atom. The lowest BCUT2D eigenvalue weighted by molar-refractivity contribution is -0.135. The molecule has 0 radical (unpaired) electrons. The third-order valence-electron chi connectivity index (χ3n) is 23.9. The van der Waals surface area contributed by atoms with Crippen molar-refractivity contribution < 1.29 is 39.6 Å². The lowest BCUT2D eigenvalue weighted by atomic mass is 9.75. The third kappa shape index (κ3) is 38.8. The van der Waals surface area contributed by atoms with Crippen LogP contribution in [-0.4, -0.2) is 216 Å². The number of hydrogen-bond donors (Lipinski definition) is 0. The van der Waals surface area contributed by atoms with Crippen LogP contribution in [0.2, 0.25) is 0 Å². The first-order chi connectivity index (χ1) is 46.4. The zero-order valence-electron chi connectivity index (χ0n) is 73.2. The van der Waals surface area contributed by atoms with Gasteiger partial charge in [0.15, 0.2) is 0 Å². The van der Waals surface area contributed by atoms with Gasteiger partial charge in [-0.3, -0.25) is 14.4 Å². The van der Waals surface area contributed by atoms with Gasteiger partial charge in [0, 0.05) is 111 Å². The van der Waals surface area contributed by atoms with E-state index >= 15 is 0 Å². The highest BCUT2D eigenvalue weighted by Crippen LogP contribution is 2.40. The summed E-state index contributed by atoms with van der Waals surface area (Å²) < 4.78 is 73.3. The SMILES string of the molecule is C.CC(=O)N1CCC(C(C)(C)C)CC1.CC(=O)N1CCCC(C(C)(C)C)C1.CC(=O)N1CCCCC1C(C)(C)C.CC(C)(C)C1CCCCN1S(C)(=O)=O.CC(C)(C)C1CCCN(S(C)(=O)=O)C1.CC(C)(C)C1CCN(S(C)(=O)=O)CC1.CN1CCCC(C(C)(C)C)C1.CN1CCCCC1C(C)(C)C. The zero-order valence-corrected chi connectivity index (χ0v) is 75.7. The van der Waals surface area contributed by atoms with Crippen molar-refractivity contribution in [2.45, 2.75) is 334 Å². The van der Waals surface area contributed by atoms with Crippen molar-refractivity contribution in [3.63, 3.8) is 0 Å². The molecular formula is C84H172N8O9S3. The molecule has 0 spiro atoms. The van der Waals surface area contributed by atoms with Crippen LogP contribution in [0.3, 0.4) is 0 Å². The Labute approximate surface area is 646 Å². The molecule has 8 fully saturated rings. The van der Waals surface area contributed by atoms with Crippen molar-refractivity contribution in [3.8, 4) is 0 Å². The summed E-state index contributed by atoms with van der Waals surface area (Å²) in [6, 6.07) is 1.42. The van der Waals surface area contributed by atoms with E-state index in [1.54, 1.807) is 33.7 Å². The van der Waals surface area contributed by atoms with Crippen molar-refractivity contribution >= 4 is 47.8 Å². The second kappa shape index (κ2) is 43.2. The van der Waals surface area contributed by atoms with E-state index in [4.69, 9.17) is 0 Å². The third-order valence-corrected chi connectivity index (χ3v) is 27.7. The van der Waals surface area contributed by atoms with E-state index in [0.717, 1.165) is 95.5 Å². The van der Waals surface area contributed by atoms with Crippen LogP contribution in [0.25, 0.3) is 0 Å². The number of rotatable bonds is 3. The van der Waals surface area contributed by atoms with Crippen LogP contribution >= 0.6 is 0 Å². The molecule has 8 saturated heterocycles. The fourth-order valence-electron chi connectivity index (χ4n) is 16.5. The van der Waals surface area contributed by atoms with E-state index in [9.17, 15) is 39.6 Å². The van der Waals surface area contributed by atoms with Crippen LogP contribution in [0, 0.1) is 72.9 Å². The highest BCUT2D eigenvalue weighted by atomic mass is 32.2. The molecule has 0 aromatic heterocycles. The lowest BCUT2D eigenvalue weighted by Gasteiger charge is -2.43. The zero-order chi connectivity index (χ0) is 80.1. The maximum atomic E-state index is 11.6. The normalized spacial score (nSPS) is 25.0. The molecule has 0 aromatic carbocycles. The second-order valence-corrected chi connectivity index (χ2v) is 47.0. The van der Waals surface area contributed by atoms with Crippen LogP contribution in [0.15, 0.2) is 0 Å². The highest BCUT2D eigenvalue weighted by molar-refractivity contribution is 7.88. The summed E-state index contributed by atoms with van der Waals surface area (Å²) >= 11 is 0. The first kappa shape index (κ1) is 102. The van der Waals surface area contributed by atoms with E-state index < -0.39 is 30.1 Å². The lowest BCUT2D eigenvalue weighted by Crippen LogP contribution is -2.49. The summed E-state index contributed by atoms with van der Waals surface area (Å²) in [5.74, 6) is 4.20. The standard InChI is InChI=1S/3C11H21NO.3C10H21NO2S.2C10H21N.CH4/c1-9(13)12-7-5-10(6-8-12)11(2,3)4;1-9(13)12-7-5-6-10(8-12)11(2,3)4;1-9(13)12-8-6-5-7-10(12)11(2,3)4;1-10(2,3)9-5-7-11(8-6-9)14(4,12)13;1-10(2,3)9-6-5-7-11(8-9)14(4,12)13;1-10(2,3)9-7-5-6-8-11(9)14(4,12)13;1-10(2,3)9-6-5-7-11(4)8-9;1-10(2,3)9-7-5-6-8-11(9)4;/h3*10H,5-8H2,1-4H3;3*9H,5-8H2,1-4H3;2*9H,5-8H2,1-4H3;1H4. The van der Waals surface area contributed by atoms with E-state index in [2.05, 4.69) is 190 Å². The Kier molecular flexibility index (Phi) is 42.4. The number of sulfonamides is 3. The summed E-state index contributed by atoms with van der Waals surface area (Å²) in [6.07, 6.45) is 26.6. The van der Waals surface area contributed by atoms with Gasteiger partial charge in [-0.15, -0.1) is 0 Å².